The van der Waals surface area contributed by atoms with Crippen molar-refractivity contribution in [2.24, 2.45) is 0 Å². The molecule has 1 aromatic rings. The van der Waals surface area contributed by atoms with Crippen LogP contribution >= 0.6 is 11.3 Å². The lowest BCUT2D eigenvalue weighted by atomic mass is 10.4. The van der Waals surface area contributed by atoms with Gasteiger partial charge in [0, 0.05) is 12.4 Å². The smallest absolute Gasteiger partial charge is 0.298 e. The van der Waals surface area contributed by atoms with Gasteiger partial charge in [-0.25, -0.2) is 4.98 Å². The lowest BCUT2D eigenvalue weighted by Crippen LogP contribution is -2.24. The van der Waals surface area contributed by atoms with Gasteiger partial charge in [0.1, 0.15) is 0 Å². The molecule has 0 aliphatic rings. The molecule has 0 aromatic carbocycles. The van der Waals surface area contributed by atoms with Crippen LogP contribution < -0.4 is 0 Å². The van der Waals surface area contributed by atoms with Gasteiger partial charge in [-0.1, -0.05) is 0 Å². The number of aromatic nitrogens is 1. The summed E-state index contributed by atoms with van der Waals surface area (Å²) in [5.41, 5.74) is 0.883. The standard InChI is InChI=1S/C9H10N2OS/c1-4-9(12)11(3)5-8-6-13-7(2)10-8/h1,6H,5H2,2-3H3. The molecule has 68 valence electrons. The number of carbonyl (C=O) groups excluding carboxylic acids is 1. The van der Waals surface area contributed by atoms with Crippen molar-refractivity contribution in [1.29, 1.82) is 0 Å². The van der Waals surface area contributed by atoms with Gasteiger partial charge in [-0.2, -0.15) is 0 Å². The first-order valence-corrected chi connectivity index (χ1v) is 4.64. The number of hydrogen-bond acceptors (Lipinski definition) is 3. The Morgan fingerprint density at radius 3 is 3.00 bits per heavy atom. The molecule has 1 heterocycles. The van der Waals surface area contributed by atoms with Gasteiger partial charge in [0.15, 0.2) is 0 Å². The van der Waals surface area contributed by atoms with Crippen LogP contribution in [0.15, 0.2) is 5.38 Å². The van der Waals surface area contributed by atoms with Gasteiger partial charge in [-0.15, -0.1) is 17.8 Å². The second-order valence-electron chi connectivity index (χ2n) is 2.66. The minimum Gasteiger partial charge on any atom is -0.329 e. The summed E-state index contributed by atoms with van der Waals surface area (Å²) in [6.07, 6.45) is 4.97. The molecule has 0 bridgehead atoms. The second kappa shape index (κ2) is 4.06. The van der Waals surface area contributed by atoms with Gasteiger partial charge < -0.3 is 4.90 Å². The van der Waals surface area contributed by atoms with Crippen LogP contribution in [0.1, 0.15) is 10.7 Å². The molecular weight excluding hydrogens is 184 g/mol. The van der Waals surface area contributed by atoms with Crippen molar-refractivity contribution < 1.29 is 4.79 Å². The van der Waals surface area contributed by atoms with Gasteiger partial charge in [0.25, 0.3) is 5.91 Å². The van der Waals surface area contributed by atoms with E-state index >= 15 is 0 Å². The molecule has 0 atom stereocenters. The predicted octanol–water partition coefficient (Wildman–Crippen LogP) is 1.04. The fourth-order valence-corrected chi connectivity index (χ4v) is 1.51. The zero-order valence-electron chi connectivity index (χ0n) is 7.57. The summed E-state index contributed by atoms with van der Waals surface area (Å²) >= 11 is 1.56. The summed E-state index contributed by atoms with van der Waals surface area (Å²) in [5.74, 6) is 1.74. The monoisotopic (exact) mass is 194 g/mol. The molecule has 1 amide bonds. The zero-order valence-corrected chi connectivity index (χ0v) is 8.39. The first-order chi connectivity index (χ1) is 6.13. The third kappa shape index (κ3) is 2.56. The summed E-state index contributed by atoms with van der Waals surface area (Å²) in [4.78, 5) is 16.7. The van der Waals surface area contributed by atoms with Gasteiger partial charge in [-0.3, -0.25) is 4.79 Å². The van der Waals surface area contributed by atoms with E-state index in [0.29, 0.717) is 6.54 Å². The topological polar surface area (TPSA) is 33.2 Å². The second-order valence-corrected chi connectivity index (χ2v) is 3.73. The third-order valence-corrected chi connectivity index (χ3v) is 2.36. The Hall–Kier alpha value is -1.34. The van der Waals surface area contributed by atoms with Gasteiger partial charge in [0.05, 0.1) is 17.2 Å². The summed E-state index contributed by atoms with van der Waals surface area (Å²) in [6, 6.07) is 0. The Bertz CT molecular complexity index is 351. The van der Waals surface area contributed by atoms with E-state index in [9.17, 15) is 4.79 Å². The maximum Gasteiger partial charge on any atom is 0.298 e. The number of carbonyl (C=O) groups is 1. The Kier molecular flexibility index (Phi) is 3.04. The number of amides is 1. The van der Waals surface area contributed by atoms with E-state index < -0.39 is 0 Å². The van der Waals surface area contributed by atoms with E-state index in [0.717, 1.165) is 10.7 Å². The van der Waals surface area contributed by atoms with Gasteiger partial charge in [0.2, 0.25) is 0 Å². The molecular formula is C9H10N2OS. The summed E-state index contributed by atoms with van der Waals surface area (Å²) in [5, 5.41) is 2.92. The minimum atomic E-state index is -0.314. The average molecular weight is 194 g/mol. The van der Waals surface area contributed by atoms with Gasteiger partial charge >= 0.3 is 0 Å². The van der Waals surface area contributed by atoms with E-state index in [1.807, 2.05) is 12.3 Å². The normalized spacial score (nSPS) is 9.31. The fourth-order valence-electron chi connectivity index (χ4n) is 0.906. The zero-order chi connectivity index (χ0) is 9.84. The number of terminal acetylenes is 1. The molecule has 0 fully saturated rings. The number of nitrogens with zero attached hydrogens (tertiary/aromatic N) is 2. The molecule has 0 aliphatic heterocycles. The average Bonchev–Trinajstić information content (AvgIpc) is 2.49. The number of rotatable bonds is 2. The summed E-state index contributed by atoms with van der Waals surface area (Å²) < 4.78 is 0. The van der Waals surface area contributed by atoms with E-state index in [1.165, 1.54) is 4.90 Å². The molecule has 1 rings (SSSR count). The Balaban J connectivity index is 2.60. The Labute approximate surface area is 81.4 Å². The molecule has 0 saturated carbocycles. The van der Waals surface area contributed by atoms with Crippen LogP contribution in [0, 0.1) is 19.3 Å². The lowest BCUT2D eigenvalue weighted by molar-refractivity contribution is -0.124. The lowest BCUT2D eigenvalue weighted by Gasteiger charge is -2.11. The summed E-state index contributed by atoms with van der Waals surface area (Å²) in [7, 11) is 1.66. The molecule has 4 heteroatoms. The number of thiazole rings is 1. The molecule has 0 N–H and O–H groups in total. The first kappa shape index (κ1) is 9.75. The molecule has 1 aromatic heterocycles. The van der Waals surface area contributed by atoms with Crippen molar-refractivity contribution in [1.82, 2.24) is 9.88 Å². The SMILES string of the molecule is C#CC(=O)N(C)Cc1csc(C)n1. The van der Waals surface area contributed by atoms with Crippen LogP contribution in [0.4, 0.5) is 0 Å². The number of hydrogen-bond donors (Lipinski definition) is 0. The van der Waals surface area contributed by atoms with Crippen LogP contribution in [0.2, 0.25) is 0 Å². The molecule has 0 saturated heterocycles. The first-order valence-electron chi connectivity index (χ1n) is 3.76. The molecule has 0 spiro atoms. The maximum atomic E-state index is 11.0. The largest absolute Gasteiger partial charge is 0.329 e. The number of aryl methyl sites for hydroxylation is 1. The molecule has 13 heavy (non-hydrogen) atoms. The van der Waals surface area contributed by atoms with Crippen LogP contribution in [0.3, 0.4) is 0 Å². The van der Waals surface area contributed by atoms with Crippen molar-refractivity contribution >= 4 is 17.2 Å². The van der Waals surface area contributed by atoms with Crippen LogP contribution in [0.25, 0.3) is 0 Å². The highest BCUT2D eigenvalue weighted by molar-refractivity contribution is 7.09. The van der Waals surface area contributed by atoms with Crippen molar-refractivity contribution in [3.05, 3.63) is 16.1 Å². The molecule has 0 aliphatic carbocycles. The quantitative estimate of drug-likeness (QED) is 0.659. The van der Waals surface area contributed by atoms with Crippen LogP contribution in [-0.2, 0) is 11.3 Å². The Morgan fingerprint density at radius 2 is 2.54 bits per heavy atom. The maximum absolute atomic E-state index is 11.0. The van der Waals surface area contributed by atoms with Crippen molar-refractivity contribution in [3.8, 4) is 12.3 Å². The van der Waals surface area contributed by atoms with E-state index in [1.54, 1.807) is 18.4 Å². The minimum absolute atomic E-state index is 0.314. The van der Waals surface area contributed by atoms with Crippen molar-refractivity contribution in [3.63, 3.8) is 0 Å². The van der Waals surface area contributed by atoms with Crippen LogP contribution in [-0.4, -0.2) is 22.8 Å². The highest BCUT2D eigenvalue weighted by Gasteiger charge is 2.07. The van der Waals surface area contributed by atoms with E-state index in [-0.39, 0.29) is 5.91 Å². The van der Waals surface area contributed by atoms with Crippen molar-refractivity contribution in [2.45, 2.75) is 13.5 Å². The molecule has 3 nitrogen and oxygen atoms in total. The fraction of sp³-hybridized carbons (Fsp3) is 0.333. The molecule has 0 radical (unpaired) electrons. The predicted molar refractivity (Wildman–Crippen MR) is 52.2 cm³/mol. The van der Waals surface area contributed by atoms with E-state index in [4.69, 9.17) is 6.42 Å². The third-order valence-electron chi connectivity index (χ3n) is 1.54. The highest BCUT2D eigenvalue weighted by atomic mass is 32.1. The highest BCUT2D eigenvalue weighted by Crippen LogP contribution is 2.09. The van der Waals surface area contributed by atoms with Gasteiger partial charge in [-0.05, 0) is 12.8 Å². The van der Waals surface area contributed by atoms with Crippen LogP contribution in [0.5, 0.6) is 0 Å². The van der Waals surface area contributed by atoms with Crippen molar-refractivity contribution in [2.75, 3.05) is 7.05 Å². The molecule has 0 unspecified atom stereocenters. The Morgan fingerprint density at radius 1 is 1.85 bits per heavy atom. The summed E-state index contributed by atoms with van der Waals surface area (Å²) in [6.45, 7) is 2.41. The van der Waals surface area contributed by atoms with E-state index in [2.05, 4.69) is 10.9 Å².